The Labute approximate surface area is 140 Å². The first-order chi connectivity index (χ1) is 11.0. The summed E-state index contributed by atoms with van der Waals surface area (Å²) in [6.45, 7) is -2.72. The Morgan fingerprint density at radius 1 is 1.30 bits per heavy atom. The third kappa shape index (κ3) is 4.97. The molecule has 0 fully saturated rings. The molecule has 0 amide bonds. The molecule has 2 N–H and O–H groups in total. The molecule has 9 heteroatoms. The average Bonchev–Trinajstić information content (AvgIpc) is 2.92. The molecule has 0 bridgehead atoms. The van der Waals surface area contributed by atoms with Gasteiger partial charge in [-0.05, 0) is 30.3 Å². The number of alkyl halides is 2. The van der Waals surface area contributed by atoms with E-state index in [1.807, 2.05) is 6.07 Å². The summed E-state index contributed by atoms with van der Waals surface area (Å²) in [5.41, 5.74) is 6.25. The quantitative estimate of drug-likeness (QED) is 0.461. The van der Waals surface area contributed by atoms with Gasteiger partial charge in [-0.2, -0.15) is 8.78 Å². The van der Waals surface area contributed by atoms with Gasteiger partial charge in [0.15, 0.2) is 23.9 Å². The van der Waals surface area contributed by atoms with Gasteiger partial charge in [0.1, 0.15) is 0 Å². The number of nitrogens with zero attached hydrogens (tertiary/aromatic N) is 1. The van der Waals surface area contributed by atoms with Crippen molar-refractivity contribution >= 4 is 28.8 Å². The summed E-state index contributed by atoms with van der Waals surface area (Å²) in [7, 11) is 1.34. The molecule has 2 rings (SSSR count). The first-order valence-corrected chi connectivity index (χ1v) is 7.52. The van der Waals surface area contributed by atoms with Gasteiger partial charge in [-0.15, -0.1) is 11.3 Å². The van der Waals surface area contributed by atoms with Crippen molar-refractivity contribution in [1.82, 2.24) is 0 Å². The van der Waals surface area contributed by atoms with Gasteiger partial charge in [0.05, 0.1) is 11.4 Å². The molecule has 0 saturated heterocycles. The van der Waals surface area contributed by atoms with E-state index in [2.05, 4.69) is 9.89 Å². The number of oxime groups is 1. The van der Waals surface area contributed by atoms with E-state index in [0.29, 0.717) is 9.90 Å². The number of benzene rings is 1. The number of hydrogen-bond donors (Lipinski definition) is 1. The number of nitrogens with two attached hydrogens (primary N) is 1. The fourth-order valence-electron chi connectivity index (χ4n) is 1.67. The van der Waals surface area contributed by atoms with Gasteiger partial charge in [0, 0.05) is 10.4 Å². The van der Waals surface area contributed by atoms with Crippen molar-refractivity contribution in [3.8, 4) is 11.5 Å². The SMILES string of the molecule is COc1cc(/C(N)=N\OCc2ccc(Cl)s2)ccc1OC(F)F. The van der Waals surface area contributed by atoms with Crippen LogP contribution in [0.4, 0.5) is 8.78 Å². The lowest BCUT2D eigenvalue weighted by Gasteiger charge is -2.11. The monoisotopic (exact) mass is 362 g/mol. The molecule has 0 aliphatic heterocycles. The predicted octanol–water partition coefficient (Wildman–Crippen LogP) is 3.85. The Balaban J connectivity index is 2.05. The summed E-state index contributed by atoms with van der Waals surface area (Å²) < 4.78 is 34.5. The summed E-state index contributed by atoms with van der Waals surface area (Å²) in [5.74, 6) is 0.105. The third-order valence-corrected chi connectivity index (χ3v) is 3.88. The summed E-state index contributed by atoms with van der Waals surface area (Å²) >= 11 is 7.18. The minimum Gasteiger partial charge on any atom is -0.493 e. The molecule has 0 aliphatic rings. The van der Waals surface area contributed by atoms with Crippen molar-refractivity contribution in [3.63, 3.8) is 0 Å². The van der Waals surface area contributed by atoms with Crippen LogP contribution in [0.3, 0.4) is 0 Å². The minimum atomic E-state index is -2.94. The fraction of sp³-hybridized carbons (Fsp3) is 0.214. The number of hydrogen-bond acceptors (Lipinski definition) is 5. The van der Waals surface area contributed by atoms with Gasteiger partial charge in [-0.1, -0.05) is 16.8 Å². The average molecular weight is 363 g/mol. The number of ether oxygens (including phenoxy) is 2. The zero-order valence-electron chi connectivity index (χ0n) is 12.0. The molecule has 124 valence electrons. The van der Waals surface area contributed by atoms with E-state index in [9.17, 15) is 8.78 Å². The van der Waals surface area contributed by atoms with E-state index in [1.165, 1.54) is 36.6 Å². The summed E-state index contributed by atoms with van der Waals surface area (Å²) in [5, 5.41) is 3.78. The maximum Gasteiger partial charge on any atom is 0.387 e. The van der Waals surface area contributed by atoms with Gasteiger partial charge < -0.3 is 20.0 Å². The van der Waals surface area contributed by atoms with E-state index in [-0.39, 0.29) is 23.9 Å². The number of methoxy groups -OCH3 is 1. The van der Waals surface area contributed by atoms with Crippen molar-refractivity contribution in [2.45, 2.75) is 13.2 Å². The molecule has 0 unspecified atom stereocenters. The smallest absolute Gasteiger partial charge is 0.387 e. The Morgan fingerprint density at radius 3 is 2.70 bits per heavy atom. The maximum absolute atomic E-state index is 12.3. The summed E-state index contributed by atoms with van der Waals surface area (Å²) in [6.07, 6.45) is 0. The maximum atomic E-state index is 12.3. The molecule has 0 radical (unpaired) electrons. The second-order valence-corrected chi connectivity index (χ2v) is 6.00. The van der Waals surface area contributed by atoms with Gasteiger partial charge in [0.25, 0.3) is 0 Å². The van der Waals surface area contributed by atoms with Gasteiger partial charge >= 0.3 is 6.61 Å². The predicted molar refractivity (Wildman–Crippen MR) is 84.5 cm³/mol. The molecule has 2 aromatic rings. The van der Waals surface area contributed by atoms with Crippen LogP contribution < -0.4 is 15.2 Å². The Morgan fingerprint density at radius 2 is 2.09 bits per heavy atom. The molecule has 0 saturated carbocycles. The molecular formula is C14H13ClF2N2O3S. The van der Waals surface area contributed by atoms with E-state index >= 15 is 0 Å². The summed E-state index contributed by atoms with van der Waals surface area (Å²) in [4.78, 5) is 6.03. The Bertz CT molecular complexity index is 694. The summed E-state index contributed by atoms with van der Waals surface area (Å²) in [6, 6.07) is 7.80. The number of amidine groups is 1. The molecule has 23 heavy (non-hydrogen) atoms. The van der Waals surface area contributed by atoms with Gasteiger partial charge in [-0.25, -0.2) is 0 Å². The van der Waals surface area contributed by atoms with Crippen LogP contribution >= 0.6 is 22.9 Å². The second kappa shape index (κ2) is 7.98. The van der Waals surface area contributed by atoms with Crippen molar-refractivity contribution in [3.05, 3.63) is 45.1 Å². The Hall–Kier alpha value is -2.06. The highest BCUT2D eigenvalue weighted by Crippen LogP contribution is 2.29. The van der Waals surface area contributed by atoms with Crippen LogP contribution in [0.1, 0.15) is 10.4 Å². The molecule has 1 aromatic heterocycles. The van der Waals surface area contributed by atoms with Crippen LogP contribution in [0.2, 0.25) is 4.34 Å². The van der Waals surface area contributed by atoms with E-state index in [0.717, 1.165) is 4.88 Å². The van der Waals surface area contributed by atoms with Crippen molar-refractivity contribution in [1.29, 1.82) is 0 Å². The lowest BCUT2D eigenvalue weighted by Crippen LogP contribution is -2.14. The van der Waals surface area contributed by atoms with Gasteiger partial charge in [-0.3, -0.25) is 0 Å². The minimum absolute atomic E-state index is 0.0783. The molecule has 1 aromatic carbocycles. The van der Waals surface area contributed by atoms with Crippen LogP contribution in [-0.4, -0.2) is 19.6 Å². The fourth-order valence-corrected chi connectivity index (χ4v) is 2.66. The van der Waals surface area contributed by atoms with Crippen molar-refractivity contribution in [2.24, 2.45) is 10.9 Å². The molecule has 5 nitrogen and oxygen atoms in total. The first-order valence-electron chi connectivity index (χ1n) is 6.32. The number of thiophene rings is 1. The van der Waals surface area contributed by atoms with Crippen LogP contribution in [-0.2, 0) is 11.4 Å². The first kappa shape index (κ1) is 17.3. The van der Waals surface area contributed by atoms with Crippen LogP contribution in [0.25, 0.3) is 0 Å². The molecule has 1 heterocycles. The molecule has 0 spiro atoms. The highest BCUT2D eigenvalue weighted by molar-refractivity contribution is 7.16. The Kier molecular flexibility index (Phi) is 6.00. The number of rotatable bonds is 7. The highest BCUT2D eigenvalue weighted by atomic mass is 35.5. The van der Waals surface area contributed by atoms with Crippen LogP contribution in [0.5, 0.6) is 11.5 Å². The van der Waals surface area contributed by atoms with Gasteiger partial charge in [0.2, 0.25) is 0 Å². The molecule has 0 atom stereocenters. The van der Waals surface area contributed by atoms with Crippen LogP contribution in [0, 0.1) is 0 Å². The molecule has 0 aliphatic carbocycles. The largest absolute Gasteiger partial charge is 0.493 e. The topological polar surface area (TPSA) is 66.1 Å². The number of halogens is 3. The normalized spacial score (nSPS) is 11.6. The zero-order valence-corrected chi connectivity index (χ0v) is 13.5. The third-order valence-electron chi connectivity index (χ3n) is 2.67. The van der Waals surface area contributed by atoms with E-state index in [1.54, 1.807) is 6.07 Å². The standard InChI is InChI=1S/C14H13ClF2N2O3S/c1-20-11-6-8(2-4-10(11)22-14(16)17)13(18)19-21-7-9-3-5-12(15)23-9/h2-6,14H,7H2,1H3,(H2,18,19). The van der Waals surface area contributed by atoms with Crippen LogP contribution in [0.15, 0.2) is 35.5 Å². The zero-order chi connectivity index (χ0) is 16.8. The molecular weight excluding hydrogens is 350 g/mol. The highest BCUT2D eigenvalue weighted by Gasteiger charge is 2.12. The van der Waals surface area contributed by atoms with Crippen molar-refractivity contribution < 1.29 is 23.1 Å². The second-order valence-electron chi connectivity index (χ2n) is 4.20. The van der Waals surface area contributed by atoms with E-state index < -0.39 is 6.61 Å². The van der Waals surface area contributed by atoms with Crippen molar-refractivity contribution in [2.75, 3.05) is 7.11 Å². The lowest BCUT2D eigenvalue weighted by atomic mass is 10.2. The van der Waals surface area contributed by atoms with E-state index in [4.69, 9.17) is 26.9 Å². The lowest BCUT2D eigenvalue weighted by molar-refractivity contribution is -0.0512.